The summed E-state index contributed by atoms with van der Waals surface area (Å²) in [5.41, 5.74) is 7.23. The van der Waals surface area contributed by atoms with Crippen molar-refractivity contribution in [3.63, 3.8) is 0 Å². The van der Waals surface area contributed by atoms with Crippen LogP contribution in [0.3, 0.4) is 0 Å². The topological polar surface area (TPSA) is 48.4 Å². The Labute approximate surface area is 105 Å². The van der Waals surface area contributed by atoms with E-state index in [4.69, 9.17) is 14.9 Å². The van der Waals surface area contributed by atoms with Gasteiger partial charge in [-0.25, -0.2) is 4.39 Å². The van der Waals surface area contributed by atoms with E-state index in [1.165, 1.54) is 12.1 Å². The summed E-state index contributed by atoms with van der Waals surface area (Å²) in [6.45, 7) is 4.44. The number of furan rings is 1. The summed E-state index contributed by atoms with van der Waals surface area (Å²) >= 11 is 0. The maximum atomic E-state index is 12.9. The molecule has 2 aromatic rings. The van der Waals surface area contributed by atoms with Gasteiger partial charge in [-0.3, -0.25) is 0 Å². The van der Waals surface area contributed by atoms with Crippen LogP contribution in [0.1, 0.15) is 22.6 Å². The highest BCUT2D eigenvalue weighted by Gasteiger charge is 2.08. The van der Waals surface area contributed by atoms with Crippen LogP contribution in [0.5, 0.6) is 5.75 Å². The molecule has 0 aliphatic rings. The summed E-state index contributed by atoms with van der Waals surface area (Å²) in [7, 11) is 0. The predicted octanol–water partition coefficient (Wildman–Crippen LogP) is 3.07. The first kappa shape index (κ1) is 12.6. The summed E-state index contributed by atoms with van der Waals surface area (Å²) in [6, 6.07) is 6.34. The lowest BCUT2D eigenvalue weighted by Crippen LogP contribution is -1.97. The molecule has 0 radical (unpaired) electrons. The van der Waals surface area contributed by atoms with Gasteiger partial charge in [0.1, 0.15) is 29.7 Å². The number of hydrogen-bond donors (Lipinski definition) is 1. The molecule has 18 heavy (non-hydrogen) atoms. The third-order valence-electron chi connectivity index (χ3n) is 2.79. The van der Waals surface area contributed by atoms with E-state index in [0.29, 0.717) is 18.9 Å². The van der Waals surface area contributed by atoms with Crippen molar-refractivity contribution in [3.05, 3.63) is 52.7 Å². The molecule has 2 rings (SSSR count). The van der Waals surface area contributed by atoms with Crippen molar-refractivity contribution in [1.29, 1.82) is 0 Å². The Morgan fingerprint density at radius 2 is 2.06 bits per heavy atom. The van der Waals surface area contributed by atoms with Gasteiger partial charge >= 0.3 is 0 Å². The van der Waals surface area contributed by atoms with E-state index in [1.807, 2.05) is 19.9 Å². The van der Waals surface area contributed by atoms with Crippen molar-refractivity contribution in [3.8, 4) is 5.75 Å². The first-order chi connectivity index (χ1) is 8.60. The minimum Gasteiger partial charge on any atom is -0.489 e. The molecule has 0 saturated carbocycles. The Kier molecular flexibility index (Phi) is 3.67. The van der Waals surface area contributed by atoms with Gasteiger partial charge in [-0.1, -0.05) is 0 Å². The minimum absolute atomic E-state index is 0.259. The fraction of sp³-hybridized carbons (Fsp3) is 0.286. The zero-order valence-electron chi connectivity index (χ0n) is 10.5. The molecule has 0 aliphatic heterocycles. The van der Waals surface area contributed by atoms with Gasteiger partial charge in [-0.2, -0.15) is 0 Å². The Balaban J connectivity index is 2.08. The molecule has 4 heteroatoms. The summed E-state index contributed by atoms with van der Waals surface area (Å²) in [5.74, 6) is 1.95. The number of benzene rings is 1. The molecule has 0 aliphatic carbocycles. The number of aryl methyl sites for hydroxylation is 2. The second-order valence-electron chi connectivity index (χ2n) is 4.20. The molecule has 2 N–H and O–H groups in total. The van der Waals surface area contributed by atoms with Crippen molar-refractivity contribution in [2.24, 2.45) is 5.73 Å². The van der Waals surface area contributed by atoms with Gasteiger partial charge in [0.2, 0.25) is 0 Å². The molecule has 0 saturated heterocycles. The molecule has 1 heterocycles. The van der Waals surface area contributed by atoms with Crippen molar-refractivity contribution in [2.45, 2.75) is 27.0 Å². The molecule has 0 atom stereocenters. The van der Waals surface area contributed by atoms with Gasteiger partial charge in [-0.15, -0.1) is 0 Å². The molecule has 0 spiro atoms. The molecule has 1 aromatic carbocycles. The van der Waals surface area contributed by atoms with Gasteiger partial charge in [0.25, 0.3) is 0 Å². The van der Waals surface area contributed by atoms with E-state index < -0.39 is 0 Å². The van der Waals surface area contributed by atoms with Crippen molar-refractivity contribution < 1.29 is 13.5 Å². The van der Waals surface area contributed by atoms with Crippen LogP contribution in [-0.2, 0) is 13.2 Å². The average Bonchev–Trinajstić information content (AvgIpc) is 2.69. The van der Waals surface area contributed by atoms with E-state index in [0.717, 1.165) is 22.6 Å². The average molecular weight is 249 g/mol. The van der Waals surface area contributed by atoms with Gasteiger partial charge in [-0.05, 0) is 43.7 Å². The maximum absolute atomic E-state index is 12.9. The second kappa shape index (κ2) is 5.23. The highest BCUT2D eigenvalue weighted by atomic mass is 19.1. The summed E-state index contributed by atoms with van der Waals surface area (Å²) in [6.07, 6.45) is 0. The minimum atomic E-state index is -0.259. The first-order valence-corrected chi connectivity index (χ1v) is 5.77. The van der Waals surface area contributed by atoms with Crippen LogP contribution in [0.4, 0.5) is 4.39 Å². The van der Waals surface area contributed by atoms with Crippen LogP contribution in [0.2, 0.25) is 0 Å². The van der Waals surface area contributed by atoms with E-state index >= 15 is 0 Å². The monoisotopic (exact) mass is 249 g/mol. The first-order valence-electron chi connectivity index (χ1n) is 5.77. The normalized spacial score (nSPS) is 10.7. The summed E-state index contributed by atoms with van der Waals surface area (Å²) < 4.78 is 24.0. The van der Waals surface area contributed by atoms with Gasteiger partial charge in [0, 0.05) is 5.56 Å². The van der Waals surface area contributed by atoms with E-state index in [2.05, 4.69) is 0 Å². The number of nitrogens with two attached hydrogens (primary N) is 1. The Morgan fingerprint density at radius 3 is 2.67 bits per heavy atom. The third kappa shape index (κ3) is 2.71. The fourth-order valence-corrected chi connectivity index (χ4v) is 1.76. The van der Waals surface area contributed by atoms with Gasteiger partial charge < -0.3 is 14.9 Å². The second-order valence-corrected chi connectivity index (χ2v) is 4.20. The molecule has 96 valence electrons. The number of rotatable bonds is 4. The molecule has 3 nitrogen and oxygen atoms in total. The Bertz CT molecular complexity index is 549. The number of hydrogen-bond acceptors (Lipinski definition) is 3. The van der Waals surface area contributed by atoms with E-state index in [9.17, 15) is 4.39 Å². The molecule has 0 unspecified atom stereocenters. The van der Waals surface area contributed by atoms with E-state index in [-0.39, 0.29) is 5.82 Å². The lowest BCUT2D eigenvalue weighted by atomic mass is 10.2. The van der Waals surface area contributed by atoms with Crippen molar-refractivity contribution >= 4 is 0 Å². The number of ether oxygens (including phenoxy) is 1. The summed E-state index contributed by atoms with van der Waals surface area (Å²) in [4.78, 5) is 0. The highest BCUT2D eigenvalue weighted by molar-refractivity contribution is 5.33. The number of halogens is 1. The predicted molar refractivity (Wildman–Crippen MR) is 66.8 cm³/mol. The maximum Gasteiger partial charge on any atom is 0.123 e. The van der Waals surface area contributed by atoms with Crippen LogP contribution < -0.4 is 10.5 Å². The van der Waals surface area contributed by atoms with Crippen LogP contribution >= 0.6 is 0 Å². The highest BCUT2D eigenvalue weighted by Crippen LogP contribution is 2.21. The third-order valence-corrected chi connectivity index (χ3v) is 2.79. The van der Waals surface area contributed by atoms with Crippen molar-refractivity contribution in [2.75, 3.05) is 0 Å². The molecular weight excluding hydrogens is 233 g/mol. The molecule has 0 fully saturated rings. The molecule has 1 aromatic heterocycles. The van der Waals surface area contributed by atoms with E-state index in [1.54, 1.807) is 6.07 Å². The van der Waals surface area contributed by atoms with Crippen LogP contribution in [0.15, 0.2) is 28.7 Å². The Morgan fingerprint density at radius 1 is 1.28 bits per heavy atom. The zero-order chi connectivity index (χ0) is 13.1. The molecule has 0 bridgehead atoms. The lowest BCUT2D eigenvalue weighted by molar-refractivity contribution is 0.300. The molecular formula is C14H16FNO2. The molecule has 0 amide bonds. The smallest absolute Gasteiger partial charge is 0.123 e. The van der Waals surface area contributed by atoms with Crippen LogP contribution in [0, 0.1) is 19.7 Å². The fourth-order valence-electron chi connectivity index (χ4n) is 1.76. The lowest BCUT2D eigenvalue weighted by Gasteiger charge is -2.08. The van der Waals surface area contributed by atoms with Crippen LogP contribution in [0.25, 0.3) is 0 Å². The van der Waals surface area contributed by atoms with Gasteiger partial charge in [0.05, 0.1) is 6.54 Å². The van der Waals surface area contributed by atoms with Gasteiger partial charge in [0.15, 0.2) is 0 Å². The van der Waals surface area contributed by atoms with Crippen molar-refractivity contribution in [1.82, 2.24) is 0 Å². The quantitative estimate of drug-likeness (QED) is 0.905. The zero-order valence-corrected chi connectivity index (χ0v) is 10.5. The summed E-state index contributed by atoms with van der Waals surface area (Å²) in [5, 5.41) is 0. The van der Waals surface area contributed by atoms with Crippen LogP contribution in [-0.4, -0.2) is 0 Å². The Hall–Kier alpha value is -1.81. The standard InChI is InChI=1S/C14H16FNO2/c1-9-5-12(15)3-4-14(9)17-8-11-6-13(7-16)18-10(11)2/h3-6H,7-8,16H2,1-2H3. The SMILES string of the molecule is Cc1cc(F)ccc1OCc1cc(CN)oc1C. The largest absolute Gasteiger partial charge is 0.489 e.